The van der Waals surface area contributed by atoms with Crippen LogP contribution in [-0.2, 0) is 0 Å². The van der Waals surface area contributed by atoms with E-state index in [-0.39, 0.29) is 5.54 Å². The molecule has 0 aliphatic heterocycles. The van der Waals surface area contributed by atoms with Crippen molar-refractivity contribution in [3.63, 3.8) is 0 Å². The molecule has 0 atom stereocenters. The minimum atomic E-state index is -0.00237. The number of nitrogens with two attached hydrogens (primary N) is 1. The zero-order chi connectivity index (χ0) is 12.1. The van der Waals surface area contributed by atoms with Gasteiger partial charge in [0, 0.05) is 12.1 Å². The standard InChI is InChI=1S/C12H27N3/c1-11(2,3)8-7-9-14-10(13)15-12(4,5)6/h7-9H2,1-6H3,(H3,13,14,15). The Hall–Kier alpha value is -0.730. The Balaban J connectivity index is 3.78. The summed E-state index contributed by atoms with van der Waals surface area (Å²) >= 11 is 0. The van der Waals surface area contributed by atoms with E-state index in [0.29, 0.717) is 11.4 Å². The predicted molar refractivity (Wildman–Crippen MR) is 68.1 cm³/mol. The maximum Gasteiger partial charge on any atom is 0.188 e. The number of nitrogens with one attached hydrogen (secondary N) is 1. The summed E-state index contributed by atoms with van der Waals surface area (Å²) < 4.78 is 0. The van der Waals surface area contributed by atoms with E-state index in [2.05, 4.69) is 51.9 Å². The maximum absolute atomic E-state index is 5.75. The number of hydrogen-bond acceptors (Lipinski definition) is 1. The molecular weight excluding hydrogens is 186 g/mol. The summed E-state index contributed by atoms with van der Waals surface area (Å²) in [6, 6.07) is 0. The van der Waals surface area contributed by atoms with Crippen molar-refractivity contribution in [3.05, 3.63) is 0 Å². The van der Waals surface area contributed by atoms with Crippen LogP contribution < -0.4 is 11.1 Å². The van der Waals surface area contributed by atoms with Gasteiger partial charge in [0.2, 0.25) is 0 Å². The Morgan fingerprint density at radius 3 is 2.07 bits per heavy atom. The molecule has 0 rings (SSSR count). The van der Waals surface area contributed by atoms with Crippen LogP contribution in [0.4, 0.5) is 0 Å². The van der Waals surface area contributed by atoms with Gasteiger partial charge in [0.25, 0.3) is 0 Å². The van der Waals surface area contributed by atoms with Gasteiger partial charge in [0.05, 0.1) is 0 Å². The number of hydrogen-bond donors (Lipinski definition) is 2. The van der Waals surface area contributed by atoms with Crippen LogP contribution in [0.15, 0.2) is 4.99 Å². The van der Waals surface area contributed by atoms with Gasteiger partial charge < -0.3 is 11.1 Å². The second kappa shape index (κ2) is 5.38. The van der Waals surface area contributed by atoms with E-state index in [0.717, 1.165) is 13.0 Å². The van der Waals surface area contributed by atoms with Crippen LogP contribution in [0.5, 0.6) is 0 Å². The van der Waals surface area contributed by atoms with Crippen LogP contribution in [0.1, 0.15) is 54.4 Å². The SMILES string of the molecule is CC(C)(C)CCCN=C(N)NC(C)(C)C. The van der Waals surface area contributed by atoms with Crippen molar-refractivity contribution >= 4 is 5.96 Å². The lowest BCUT2D eigenvalue weighted by Crippen LogP contribution is -2.45. The van der Waals surface area contributed by atoms with E-state index in [9.17, 15) is 0 Å². The molecule has 0 aliphatic rings. The van der Waals surface area contributed by atoms with Crippen LogP contribution in [0.25, 0.3) is 0 Å². The summed E-state index contributed by atoms with van der Waals surface area (Å²) in [5.74, 6) is 0.552. The van der Waals surface area contributed by atoms with E-state index < -0.39 is 0 Å². The zero-order valence-corrected chi connectivity index (χ0v) is 11.1. The molecule has 0 unspecified atom stereocenters. The quantitative estimate of drug-likeness (QED) is 0.430. The number of guanidine groups is 1. The van der Waals surface area contributed by atoms with E-state index in [1.165, 1.54) is 6.42 Å². The average Bonchev–Trinajstić information content (AvgIpc) is 1.92. The van der Waals surface area contributed by atoms with E-state index in [4.69, 9.17) is 5.73 Å². The molecule has 3 N–H and O–H groups in total. The normalized spacial score (nSPS) is 14.1. The highest BCUT2D eigenvalue weighted by Gasteiger charge is 2.10. The molecule has 0 aromatic carbocycles. The van der Waals surface area contributed by atoms with Gasteiger partial charge in [-0.2, -0.15) is 0 Å². The van der Waals surface area contributed by atoms with Crippen LogP contribution in [0.3, 0.4) is 0 Å². The molecule has 0 saturated carbocycles. The molecule has 0 aromatic heterocycles. The lowest BCUT2D eigenvalue weighted by Gasteiger charge is -2.21. The second-order valence-corrected chi connectivity index (χ2v) is 6.31. The summed E-state index contributed by atoms with van der Waals surface area (Å²) in [4.78, 5) is 4.30. The van der Waals surface area contributed by atoms with Gasteiger partial charge >= 0.3 is 0 Å². The molecule has 0 heterocycles. The third-order valence-electron chi connectivity index (χ3n) is 1.87. The van der Waals surface area contributed by atoms with Crippen LogP contribution in [0.2, 0.25) is 0 Å². The number of rotatable bonds is 3. The Labute approximate surface area is 94.5 Å². The van der Waals surface area contributed by atoms with Gasteiger partial charge in [0.1, 0.15) is 0 Å². The van der Waals surface area contributed by atoms with Crippen molar-refractivity contribution in [2.45, 2.75) is 59.9 Å². The van der Waals surface area contributed by atoms with Crippen molar-refractivity contribution in [2.24, 2.45) is 16.1 Å². The fourth-order valence-corrected chi connectivity index (χ4v) is 1.23. The lowest BCUT2D eigenvalue weighted by atomic mass is 9.91. The van der Waals surface area contributed by atoms with E-state index in [1.54, 1.807) is 0 Å². The van der Waals surface area contributed by atoms with Crippen LogP contribution >= 0.6 is 0 Å². The third-order valence-corrected chi connectivity index (χ3v) is 1.87. The lowest BCUT2D eigenvalue weighted by molar-refractivity contribution is 0.368. The molecule has 0 saturated heterocycles. The van der Waals surface area contributed by atoms with E-state index >= 15 is 0 Å². The van der Waals surface area contributed by atoms with Gasteiger partial charge in [-0.3, -0.25) is 4.99 Å². The topological polar surface area (TPSA) is 50.4 Å². The maximum atomic E-state index is 5.75. The van der Waals surface area contributed by atoms with Gasteiger partial charge in [0.15, 0.2) is 5.96 Å². The number of aliphatic imine (C=N–C) groups is 1. The minimum absolute atomic E-state index is 0.00237. The fourth-order valence-electron chi connectivity index (χ4n) is 1.23. The molecule has 0 bridgehead atoms. The van der Waals surface area contributed by atoms with Crippen molar-refractivity contribution < 1.29 is 0 Å². The minimum Gasteiger partial charge on any atom is -0.370 e. The van der Waals surface area contributed by atoms with Crippen LogP contribution in [0, 0.1) is 5.41 Å². The Kier molecular flexibility index (Phi) is 5.12. The smallest absolute Gasteiger partial charge is 0.188 e. The molecule has 3 nitrogen and oxygen atoms in total. The second-order valence-electron chi connectivity index (χ2n) is 6.31. The van der Waals surface area contributed by atoms with Crippen molar-refractivity contribution in [3.8, 4) is 0 Å². The molecule has 0 aromatic rings. The van der Waals surface area contributed by atoms with Crippen molar-refractivity contribution in [1.29, 1.82) is 0 Å². The predicted octanol–water partition coefficient (Wildman–Crippen LogP) is 2.52. The molecular formula is C12H27N3. The Morgan fingerprint density at radius 2 is 1.67 bits per heavy atom. The molecule has 0 amide bonds. The van der Waals surface area contributed by atoms with Crippen molar-refractivity contribution in [1.82, 2.24) is 5.32 Å². The first-order valence-electron chi connectivity index (χ1n) is 5.68. The molecule has 15 heavy (non-hydrogen) atoms. The van der Waals surface area contributed by atoms with Crippen molar-refractivity contribution in [2.75, 3.05) is 6.54 Å². The first-order valence-corrected chi connectivity index (χ1v) is 5.68. The monoisotopic (exact) mass is 213 g/mol. The summed E-state index contributed by atoms with van der Waals surface area (Å²) in [5, 5.41) is 3.14. The molecule has 0 aliphatic carbocycles. The third kappa shape index (κ3) is 11.2. The fraction of sp³-hybridized carbons (Fsp3) is 0.917. The summed E-state index contributed by atoms with van der Waals surface area (Å²) in [7, 11) is 0. The van der Waals surface area contributed by atoms with Gasteiger partial charge in [-0.15, -0.1) is 0 Å². The molecule has 90 valence electrons. The molecule has 0 spiro atoms. The summed E-state index contributed by atoms with van der Waals surface area (Å²) in [5.41, 5.74) is 6.14. The zero-order valence-electron chi connectivity index (χ0n) is 11.1. The summed E-state index contributed by atoms with van der Waals surface area (Å²) in [6.45, 7) is 13.8. The molecule has 0 radical (unpaired) electrons. The highest BCUT2D eigenvalue weighted by Crippen LogP contribution is 2.20. The first-order chi connectivity index (χ1) is 6.60. The van der Waals surface area contributed by atoms with Gasteiger partial charge in [-0.05, 0) is 39.0 Å². The highest BCUT2D eigenvalue weighted by atomic mass is 15.1. The average molecular weight is 213 g/mol. The first kappa shape index (κ1) is 14.3. The molecule has 0 fully saturated rings. The van der Waals surface area contributed by atoms with E-state index in [1.807, 2.05) is 0 Å². The number of nitrogens with zero attached hydrogens (tertiary/aromatic N) is 1. The Morgan fingerprint density at radius 1 is 1.13 bits per heavy atom. The highest BCUT2D eigenvalue weighted by molar-refractivity contribution is 5.78. The summed E-state index contributed by atoms with van der Waals surface area (Å²) in [6.07, 6.45) is 2.27. The van der Waals surface area contributed by atoms with Crippen LogP contribution in [-0.4, -0.2) is 18.0 Å². The molecule has 3 heteroatoms. The van der Waals surface area contributed by atoms with Gasteiger partial charge in [-0.25, -0.2) is 0 Å². The Bertz CT molecular complexity index is 206. The largest absolute Gasteiger partial charge is 0.370 e. The van der Waals surface area contributed by atoms with Gasteiger partial charge in [-0.1, -0.05) is 20.8 Å².